The highest BCUT2D eigenvalue weighted by atomic mass is 35.5. The third kappa shape index (κ3) is 7.85. The van der Waals surface area contributed by atoms with Crippen molar-refractivity contribution < 1.29 is 4.79 Å². The summed E-state index contributed by atoms with van der Waals surface area (Å²) in [6.07, 6.45) is 4.81. The number of hydrogen-bond acceptors (Lipinski definition) is 3. The van der Waals surface area contributed by atoms with Crippen molar-refractivity contribution in [3.63, 3.8) is 0 Å². The van der Waals surface area contributed by atoms with E-state index in [0.717, 1.165) is 38.3 Å². The SMILES string of the molecule is CCCCN(CC)c1ccc(C(=O)NCC2CCCNC2)cc1.Cl.Cl. The zero-order valence-electron chi connectivity index (χ0n) is 15.4. The zero-order valence-corrected chi connectivity index (χ0v) is 17.1. The van der Waals surface area contributed by atoms with E-state index >= 15 is 0 Å². The molecule has 0 spiro atoms. The monoisotopic (exact) mass is 389 g/mol. The molecule has 0 aliphatic carbocycles. The molecule has 1 fully saturated rings. The van der Waals surface area contributed by atoms with Gasteiger partial charge in [-0.2, -0.15) is 0 Å². The standard InChI is InChI=1S/C19H31N3O.2ClH/c1-3-5-13-22(4-2)18-10-8-17(9-11-18)19(23)21-15-16-7-6-12-20-14-16;;/h8-11,16,20H,3-7,12-15H2,1-2H3,(H,21,23);2*1H. The lowest BCUT2D eigenvalue weighted by Crippen LogP contribution is -2.38. The minimum Gasteiger partial charge on any atom is -0.372 e. The van der Waals surface area contributed by atoms with Crippen LogP contribution in [0, 0.1) is 5.92 Å². The molecule has 25 heavy (non-hydrogen) atoms. The molecule has 6 heteroatoms. The Kier molecular flexibility index (Phi) is 12.7. The molecule has 1 atom stereocenters. The Morgan fingerprint density at radius 2 is 1.96 bits per heavy atom. The van der Waals surface area contributed by atoms with E-state index in [-0.39, 0.29) is 30.7 Å². The van der Waals surface area contributed by atoms with E-state index in [4.69, 9.17) is 0 Å². The van der Waals surface area contributed by atoms with E-state index < -0.39 is 0 Å². The lowest BCUT2D eigenvalue weighted by Gasteiger charge is -2.24. The molecule has 4 nitrogen and oxygen atoms in total. The van der Waals surface area contributed by atoms with Crippen molar-refractivity contribution in [3.05, 3.63) is 29.8 Å². The number of nitrogens with one attached hydrogen (secondary N) is 2. The number of amides is 1. The minimum absolute atomic E-state index is 0. The predicted octanol–water partition coefficient (Wildman–Crippen LogP) is 3.89. The number of rotatable bonds is 8. The highest BCUT2D eigenvalue weighted by Gasteiger charge is 2.14. The molecule has 1 unspecified atom stereocenters. The Labute approximate surface area is 164 Å². The first kappa shape index (κ1) is 24.0. The number of hydrogen-bond donors (Lipinski definition) is 2. The number of carbonyl (C=O) groups excluding carboxylic acids is 1. The molecule has 0 aromatic heterocycles. The Hall–Kier alpha value is -0.970. The van der Waals surface area contributed by atoms with E-state index in [1.165, 1.54) is 31.4 Å². The summed E-state index contributed by atoms with van der Waals surface area (Å²) in [6.45, 7) is 9.36. The maximum absolute atomic E-state index is 12.3. The van der Waals surface area contributed by atoms with E-state index in [1.807, 2.05) is 12.1 Å². The second-order valence-corrected chi connectivity index (χ2v) is 6.40. The van der Waals surface area contributed by atoms with Crippen LogP contribution in [0.25, 0.3) is 0 Å². The normalized spacial score (nSPS) is 16.3. The first-order valence-electron chi connectivity index (χ1n) is 9.08. The van der Waals surface area contributed by atoms with Crippen molar-refractivity contribution in [2.45, 2.75) is 39.5 Å². The van der Waals surface area contributed by atoms with Crippen molar-refractivity contribution in [3.8, 4) is 0 Å². The van der Waals surface area contributed by atoms with Crippen LogP contribution in [0.15, 0.2) is 24.3 Å². The topological polar surface area (TPSA) is 44.4 Å². The Morgan fingerprint density at radius 3 is 2.52 bits per heavy atom. The average molecular weight is 390 g/mol. The van der Waals surface area contributed by atoms with Crippen LogP contribution in [0.2, 0.25) is 0 Å². The van der Waals surface area contributed by atoms with Crippen molar-refractivity contribution in [1.82, 2.24) is 10.6 Å². The fourth-order valence-corrected chi connectivity index (χ4v) is 3.08. The van der Waals surface area contributed by atoms with Crippen molar-refractivity contribution in [2.75, 3.05) is 37.6 Å². The molecule has 1 saturated heterocycles. The van der Waals surface area contributed by atoms with Crippen LogP contribution in [0.1, 0.15) is 49.9 Å². The smallest absolute Gasteiger partial charge is 0.251 e. The number of carbonyl (C=O) groups is 1. The van der Waals surface area contributed by atoms with Crippen LogP contribution in [0.4, 0.5) is 5.69 Å². The van der Waals surface area contributed by atoms with Gasteiger partial charge in [-0.3, -0.25) is 4.79 Å². The molecule has 2 rings (SSSR count). The summed E-state index contributed by atoms with van der Waals surface area (Å²) in [5, 5.41) is 6.46. The zero-order chi connectivity index (χ0) is 16.5. The van der Waals surface area contributed by atoms with Crippen LogP contribution in [0.5, 0.6) is 0 Å². The Bertz CT molecular complexity index is 476. The highest BCUT2D eigenvalue weighted by Crippen LogP contribution is 2.16. The van der Waals surface area contributed by atoms with Crippen LogP contribution >= 0.6 is 24.8 Å². The quantitative estimate of drug-likeness (QED) is 0.708. The van der Waals surface area contributed by atoms with Gasteiger partial charge in [-0.15, -0.1) is 24.8 Å². The maximum Gasteiger partial charge on any atom is 0.251 e. The van der Waals surface area contributed by atoms with Gasteiger partial charge in [-0.1, -0.05) is 13.3 Å². The number of nitrogens with zero attached hydrogens (tertiary/aromatic N) is 1. The van der Waals surface area contributed by atoms with Gasteiger partial charge < -0.3 is 15.5 Å². The minimum atomic E-state index is 0. The van der Waals surface area contributed by atoms with Gasteiger partial charge in [0.25, 0.3) is 5.91 Å². The van der Waals surface area contributed by atoms with Crippen molar-refractivity contribution in [2.24, 2.45) is 5.92 Å². The third-order valence-corrected chi connectivity index (χ3v) is 4.61. The van der Waals surface area contributed by atoms with E-state index in [1.54, 1.807) is 0 Å². The number of halogens is 2. The number of unbranched alkanes of at least 4 members (excludes halogenated alkanes) is 1. The summed E-state index contributed by atoms with van der Waals surface area (Å²) in [7, 11) is 0. The second kappa shape index (κ2) is 13.3. The fourth-order valence-electron chi connectivity index (χ4n) is 3.08. The van der Waals surface area contributed by atoms with Gasteiger partial charge in [0.05, 0.1) is 0 Å². The van der Waals surface area contributed by atoms with Crippen molar-refractivity contribution >= 4 is 36.4 Å². The molecule has 1 heterocycles. The summed E-state index contributed by atoms with van der Waals surface area (Å²) >= 11 is 0. The second-order valence-electron chi connectivity index (χ2n) is 6.40. The lowest BCUT2D eigenvalue weighted by atomic mass is 9.99. The summed E-state index contributed by atoms with van der Waals surface area (Å²) in [6, 6.07) is 8.02. The van der Waals surface area contributed by atoms with Gasteiger partial charge in [-0.25, -0.2) is 0 Å². The average Bonchev–Trinajstić information content (AvgIpc) is 2.62. The number of benzene rings is 1. The molecule has 144 valence electrons. The highest BCUT2D eigenvalue weighted by molar-refractivity contribution is 5.94. The molecular formula is C19H33Cl2N3O. The van der Waals surface area contributed by atoms with Crippen LogP contribution in [0.3, 0.4) is 0 Å². The summed E-state index contributed by atoms with van der Waals surface area (Å²) in [4.78, 5) is 14.6. The third-order valence-electron chi connectivity index (χ3n) is 4.61. The Balaban J connectivity index is 0.00000288. The molecule has 1 aliphatic rings. The van der Waals surface area contributed by atoms with Gasteiger partial charge in [0.1, 0.15) is 0 Å². The molecule has 0 bridgehead atoms. The number of anilines is 1. The molecular weight excluding hydrogens is 357 g/mol. The van der Waals surface area contributed by atoms with Crippen LogP contribution in [-0.4, -0.2) is 38.6 Å². The van der Waals surface area contributed by atoms with Gasteiger partial charge in [0.2, 0.25) is 0 Å². The van der Waals surface area contributed by atoms with Crippen molar-refractivity contribution in [1.29, 1.82) is 0 Å². The van der Waals surface area contributed by atoms with Gasteiger partial charge >= 0.3 is 0 Å². The van der Waals surface area contributed by atoms with E-state index in [2.05, 4.69) is 41.5 Å². The lowest BCUT2D eigenvalue weighted by molar-refractivity contribution is 0.0945. The molecule has 1 aromatic rings. The fraction of sp³-hybridized carbons (Fsp3) is 0.632. The van der Waals surface area contributed by atoms with E-state index in [9.17, 15) is 4.79 Å². The largest absolute Gasteiger partial charge is 0.372 e. The predicted molar refractivity (Wildman–Crippen MR) is 112 cm³/mol. The van der Waals surface area contributed by atoms with Gasteiger partial charge in [0.15, 0.2) is 0 Å². The van der Waals surface area contributed by atoms with Crippen LogP contribution < -0.4 is 15.5 Å². The summed E-state index contributed by atoms with van der Waals surface area (Å²) in [5.74, 6) is 0.607. The number of piperidine rings is 1. The molecule has 2 N–H and O–H groups in total. The maximum atomic E-state index is 12.3. The molecule has 1 aliphatic heterocycles. The van der Waals surface area contributed by atoms with Gasteiger partial charge in [0, 0.05) is 30.9 Å². The summed E-state index contributed by atoms with van der Waals surface area (Å²) in [5.41, 5.74) is 1.96. The summed E-state index contributed by atoms with van der Waals surface area (Å²) < 4.78 is 0. The first-order valence-corrected chi connectivity index (χ1v) is 9.08. The van der Waals surface area contributed by atoms with E-state index in [0.29, 0.717) is 5.92 Å². The molecule has 0 saturated carbocycles. The van der Waals surface area contributed by atoms with Gasteiger partial charge in [-0.05, 0) is 69.5 Å². The Morgan fingerprint density at radius 1 is 1.24 bits per heavy atom. The molecule has 1 aromatic carbocycles. The van der Waals surface area contributed by atoms with Crippen LogP contribution in [-0.2, 0) is 0 Å². The molecule has 1 amide bonds. The first-order chi connectivity index (χ1) is 11.2. The molecule has 0 radical (unpaired) electrons.